The van der Waals surface area contributed by atoms with Crippen molar-refractivity contribution >= 4 is 5.88 Å². The molecule has 3 nitrogen and oxygen atoms in total. The van der Waals surface area contributed by atoms with E-state index in [0.717, 1.165) is 16.9 Å². The van der Waals surface area contributed by atoms with Crippen LogP contribution in [0.4, 0.5) is 5.88 Å². The van der Waals surface area contributed by atoms with E-state index in [9.17, 15) is 0 Å². The average Bonchev–Trinajstić information content (AvgIpc) is 2.65. The number of hydrogen-bond donors (Lipinski definition) is 1. The summed E-state index contributed by atoms with van der Waals surface area (Å²) in [5.74, 6) is 1.26. The molecule has 2 rings (SSSR count). The van der Waals surface area contributed by atoms with Gasteiger partial charge in [0.2, 0.25) is 0 Å². The molecule has 1 aromatic carbocycles. The Morgan fingerprint density at radius 3 is 2.36 bits per heavy atom. The van der Waals surface area contributed by atoms with Gasteiger partial charge in [-0.25, -0.2) is 0 Å². The van der Waals surface area contributed by atoms with Gasteiger partial charge in [-0.3, -0.25) is 0 Å². The van der Waals surface area contributed by atoms with Crippen molar-refractivity contribution in [1.29, 1.82) is 0 Å². The minimum absolute atomic E-state index is 0.427. The minimum Gasteiger partial charge on any atom is -0.497 e. The maximum atomic E-state index is 5.48. The molecule has 1 aromatic heterocycles. The van der Waals surface area contributed by atoms with Gasteiger partial charge in [-0.15, -0.1) is 0 Å². The van der Waals surface area contributed by atoms with Crippen molar-refractivity contribution in [3.05, 3.63) is 36.6 Å². The van der Waals surface area contributed by atoms with Crippen molar-refractivity contribution in [2.45, 2.75) is 0 Å². The van der Waals surface area contributed by atoms with Crippen molar-refractivity contribution in [3.8, 4) is 16.9 Å². The fraction of sp³-hybridized carbons (Fsp3) is 0.0909. The van der Waals surface area contributed by atoms with Crippen molar-refractivity contribution in [2.75, 3.05) is 12.8 Å². The summed E-state index contributed by atoms with van der Waals surface area (Å²) in [5.41, 5.74) is 7.52. The molecule has 0 aliphatic rings. The van der Waals surface area contributed by atoms with Gasteiger partial charge < -0.3 is 14.9 Å². The first-order chi connectivity index (χ1) is 6.79. The molecule has 0 radical (unpaired) electrons. The van der Waals surface area contributed by atoms with Crippen molar-refractivity contribution < 1.29 is 9.15 Å². The first-order valence-electron chi connectivity index (χ1n) is 4.28. The van der Waals surface area contributed by atoms with Crippen LogP contribution in [-0.4, -0.2) is 7.11 Å². The Hall–Kier alpha value is -1.90. The molecule has 0 amide bonds. The summed E-state index contributed by atoms with van der Waals surface area (Å²) in [6, 6.07) is 9.52. The molecule has 0 aliphatic heterocycles. The summed E-state index contributed by atoms with van der Waals surface area (Å²) < 4.78 is 10.1. The van der Waals surface area contributed by atoms with Gasteiger partial charge in [0.15, 0.2) is 5.88 Å². The van der Waals surface area contributed by atoms with Crippen molar-refractivity contribution in [3.63, 3.8) is 0 Å². The highest BCUT2D eigenvalue weighted by Gasteiger charge is 2.01. The number of ether oxygens (including phenoxy) is 1. The van der Waals surface area contributed by atoms with Crippen LogP contribution in [-0.2, 0) is 0 Å². The lowest BCUT2D eigenvalue weighted by molar-refractivity contribution is 0.415. The molecule has 3 heteroatoms. The number of benzene rings is 1. The van der Waals surface area contributed by atoms with Crippen molar-refractivity contribution in [2.24, 2.45) is 0 Å². The molecule has 0 saturated heterocycles. The third kappa shape index (κ3) is 1.57. The number of rotatable bonds is 2. The second-order valence-corrected chi connectivity index (χ2v) is 2.97. The van der Waals surface area contributed by atoms with E-state index in [1.54, 1.807) is 19.4 Å². The molecule has 0 spiro atoms. The third-order valence-electron chi connectivity index (χ3n) is 2.04. The Labute approximate surface area is 82.1 Å². The summed E-state index contributed by atoms with van der Waals surface area (Å²) in [6.07, 6.45) is 1.64. The molecule has 0 fully saturated rings. The van der Waals surface area contributed by atoms with E-state index in [-0.39, 0.29) is 0 Å². The first-order valence-corrected chi connectivity index (χ1v) is 4.28. The molecule has 14 heavy (non-hydrogen) atoms. The molecule has 0 saturated carbocycles. The van der Waals surface area contributed by atoms with Gasteiger partial charge in [0, 0.05) is 11.6 Å². The Kier molecular flexibility index (Phi) is 2.14. The van der Waals surface area contributed by atoms with Gasteiger partial charge in [-0.2, -0.15) is 0 Å². The molecule has 0 atom stereocenters. The molecule has 2 N–H and O–H groups in total. The van der Waals surface area contributed by atoms with Crippen LogP contribution in [0.25, 0.3) is 11.1 Å². The lowest BCUT2D eigenvalue weighted by atomic mass is 10.1. The summed E-state index contributed by atoms with van der Waals surface area (Å²) in [5, 5.41) is 0. The zero-order chi connectivity index (χ0) is 9.97. The number of hydrogen-bond acceptors (Lipinski definition) is 3. The zero-order valence-corrected chi connectivity index (χ0v) is 7.86. The molecule has 1 heterocycles. The molecule has 0 bridgehead atoms. The third-order valence-corrected chi connectivity index (χ3v) is 2.04. The molecular weight excluding hydrogens is 178 g/mol. The highest BCUT2D eigenvalue weighted by atomic mass is 16.5. The van der Waals surface area contributed by atoms with E-state index in [1.165, 1.54) is 0 Å². The second kappa shape index (κ2) is 3.46. The molecule has 0 aliphatic carbocycles. The largest absolute Gasteiger partial charge is 0.497 e. The predicted octanol–water partition coefficient (Wildman–Crippen LogP) is 2.54. The van der Waals surface area contributed by atoms with Crippen LogP contribution in [0, 0.1) is 0 Å². The fourth-order valence-corrected chi connectivity index (χ4v) is 1.29. The number of nitrogens with two attached hydrogens (primary N) is 1. The highest BCUT2D eigenvalue weighted by molar-refractivity contribution is 5.65. The normalized spacial score (nSPS) is 10.1. The lowest BCUT2D eigenvalue weighted by Gasteiger charge is -2.00. The SMILES string of the molecule is COc1ccc(-c2coc(N)c2)cc1. The topological polar surface area (TPSA) is 48.4 Å². The first kappa shape index (κ1) is 8.69. The van der Waals surface area contributed by atoms with Crippen LogP contribution >= 0.6 is 0 Å². The van der Waals surface area contributed by atoms with E-state index in [4.69, 9.17) is 14.9 Å². The number of methoxy groups -OCH3 is 1. The lowest BCUT2D eigenvalue weighted by Crippen LogP contribution is -1.81. The summed E-state index contributed by atoms with van der Waals surface area (Å²) in [4.78, 5) is 0. The smallest absolute Gasteiger partial charge is 0.190 e. The predicted molar refractivity (Wildman–Crippen MR) is 55.1 cm³/mol. The maximum absolute atomic E-state index is 5.48. The summed E-state index contributed by atoms with van der Waals surface area (Å²) in [6.45, 7) is 0. The van der Waals surface area contributed by atoms with Crippen LogP contribution < -0.4 is 10.5 Å². The molecule has 2 aromatic rings. The van der Waals surface area contributed by atoms with Crippen LogP contribution in [0.1, 0.15) is 0 Å². The number of nitrogen functional groups attached to an aromatic ring is 1. The highest BCUT2D eigenvalue weighted by Crippen LogP contribution is 2.24. The van der Waals surface area contributed by atoms with Gasteiger partial charge in [-0.1, -0.05) is 12.1 Å². The van der Waals surface area contributed by atoms with E-state index < -0.39 is 0 Å². The van der Waals surface area contributed by atoms with Crippen LogP contribution in [0.5, 0.6) is 5.75 Å². The molecule has 0 unspecified atom stereocenters. The fourth-order valence-electron chi connectivity index (χ4n) is 1.29. The molecule has 72 valence electrons. The number of furan rings is 1. The molecular formula is C11H11NO2. The quantitative estimate of drug-likeness (QED) is 0.789. The average molecular weight is 189 g/mol. The summed E-state index contributed by atoms with van der Waals surface area (Å²) >= 11 is 0. The Morgan fingerprint density at radius 2 is 1.86 bits per heavy atom. The van der Waals surface area contributed by atoms with Crippen molar-refractivity contribution in [1.82, 2.24) is 0 Å². The van der Waals surface area contributed by atoms with Gasteiger partial charge in [0.05, 0.1) is 7.11 Å². The monoisotopic (exact) mass is 189 g/mol. The van der Waals surface area contributed by atoms with E-state index in [1.807, 2.05) is 24.3 Å². The van der Waals surface area contributed by atoms with Gasteiger partial charge in [0.1, 0.15) is 12.0 Å². The van der Waals surface area contributed by atoms with E-state index in [0.29, 0.717) is 5.88 Å². The van der Waals surface area contributed by atoms with E-state index in [2.05, 4.69) is 0 Å². The minimum atomic E-state index is 0.427. The van der Waals surface area contributed by atoms with Crippen LogP contribution in [0.3, 0.4) is 0 Å². The van der Waals surface area contributed by atoms with Crippen LogP contribution in [0.15, 0.2) is 41.0 Å². The maximum Gasteiger partial charge on any atom is 0.190 e. The second-order valence-electron chi connectivity index (χ2n) is 2.97. The van der Waals surface area contributed by atoms with E-state index >= 15 is 0 Å². The Balaban J connectivity index is 2.33. The number of anilines is 1. The van der Waals surface area contributed by atoms with Gasteiger partial charge in [-0.05, 0) is 17.7 Å². The van der Waals surface area contributed by atoms with Gasteiger partial charge >= 0.3 is 0 Å². The van der Waals surface area contributed by atoms with Crippen LogP contribution in [0.2, 0.25) is 0 Å². The Morgan fingerprint density at radius 1 is 1.14 bits per heavy atom. The zero-order valence-electron chi connectivity index (χ0n) is 7.86. The standard InChI is InChI=1S/C11H11NO2/c1-13-10-4-2-8(3-5-10)9-6-11(12)14-7-9/h2-7H,12H2,1H3. The summed E-state index contributed by atoms with van der Waals surface area (Å²) in [7, 11) is 1.64. The van der Waals surface area contributed by atoms with Gasteiger partial charge in [0.25, 0.3) is 0 Å². The Bertz CT molecular complexity index is 417.